The molecule has 2 atom stereocenters. The minimum Gasteiger partial charge on any atom is -0.742 e. The van der Waals surface area contributed by atoms with E-state index in [1.54, 1.807) is 0 Å². The van der Waals surface area contributed by atoms with Crippen molar-refractivity contribution in [1.82, 2.24) is 0 Å². The fraction of sp³-hybridized carbons (Fsp3) is 0.833. The van der Waals surface area contributed by atoms with Crippen LogP contribution in [0.4, 0.5) is 0 Å². The number of hydrogen-bond donors (Lipinski definition) is 0. The van der Waals surface area contributed by atoms with Crippen LogP contribution < -0.4 is 29.6 Å². The Morgan fingerprint density at radius 3 is 2.26 bits per heavy atom. The third kappa shape index (κ3) is 8.92. The molecule has 0 bridgehead atoms. The first kappa shape index (κ1) is 21.5. The SMILES string of the molecule is CCCCC(CC)CC(CC=O)C(=O)S(=O)(=O)[O-].[Na+]. The Hall–Kier alpha value is 0.250. The molecule has 0 aliphatic heterocycles. The Bertz CT molecular complexity index is 366. The molecule has 0 amide bonds. The van der Waals surface area contributed by atoms with Crippen molar-refractivity contribution in [1.29, 1.82) is 0 Å². The Balaban J connectivity index is 0. The molecule has 7 heteroatoms. The van der Waals surface area contributed by atoms with E-state index in [0.29, 0.717) is 12.7 Å². The number of carbonyl (C=O) groups is 2. The third-order valence-corrected chi connectivity index (χ3v) is 3.95. The summed E-state index contributed by atoms with van der Waals surface area (Å²) >= 11 is 0. The van der Waals surface area contributed by atoms with Crippen LogP contribution in [0.2, 0.25) is 0 Å². The number of rotatable bonds is 9. The van der Waals surface area contributed by atoms with Gasteiger partial charge in [0.15, 0.2) is 10.1 Å². The van der Waals surface area contributed by atoms with E-state index in [2.05, 4.69) is 0 Å². The van der Waals surface area contributed by atoms with Crippen LogP contribution in [-0.4, -0.2) is 24.4 Å². The second-order valence-electron chi connectivity index (χ2n) is 4.52. The number of hydrogen-bond acceptors (Lipinski definition) is 5. The van der Waals surface area contributed by atoms with Gasteiger partial charge in [-0.15, -0.1) is 0 Å². The van der Waals surface area contributed by atoms with Gasteiger partial charge in [-0.2, -0.15) is 0 Å². The summed E-state index contributed by atoms with van der Waals surface area (Å²) in [6.07, 6.45) is 4.31. The number of unbranched alkanes of at least 4 members (excludes halogenated alkanes) is 1. The van der Waals surface area contributed by atoms with Gasteiger partial charge in [-0.3, -0.25) is 4.79 Å². The van der Waals surface area contributed by atoms with E-state index in [1.165, 1.54) is 0 Å². The zero-order valence-corrected chi connectivity index (χ0v) is 14.7. The van der Waals surface area contributed by atoms with Crippen molar-refractivity contribution in [2.45, 2.75) is 52.4 Å². The average Bonchev–Trinajstić information content (AvgIpc) is 2.31. The molecule has 0 rings (SSSR count). The standard InChI is InChI=1S/C12H22O5S.Na/c1-3-5-6-10(4-2)9-11(7-8-13)12(14)18(15,16)17;/h8,10-11H,3-7,9H2,1-2H3,(H,15,16,17);/q;+1/p-1. The largest absolute Gasteiger partial charge is 1.00 e. The van der Waals surface area contributed by atoms with E-state index < -0.39 is 21.2 Å². The zero-order valence-electron chi connectivity index (χ0n) is 11.9. The maximum Gasteiger partial charge on any atom is 1.00 e. The van der Waals surface area contributed by atoms with E-state index in [-0.39, 0.29) is 41.9 Å². The number of aldehydes is 1. The molecule has 5 nitrogen and oxygen atoms in total. The van der Waals surface area contributed by atoms with Crippen LogP contribution in [0, 0.1) is 11.8 Å². The minimum atomic E-state index is -4.95. The van der Waals surface area contributed by atoms with Crippen molar-refractivity contribution in [3.63, 3.8) is 0 Å². The van der Waals surface area contributed by atoms with Crippen LogP contribution >= 0.6 is 0 Å². The normalized spacial score (nSPS) is 14.3. The van der Waals surface area contributed by atoms with Gasteiger partial charge >= 0.3 is 29.6 Å². The summed E-state index contributed by atoms with van der Waals surface area (Å²) in [6.45, 7) is 4.00. The molecular weight excluding hydrogens is 279 g/mol. The van der Waals surface area contributed by atoms with Crippen LogP contribution in [0.3, 0.4) is 0 Å². The van der Waals surface area contributed by atoms with Crippen molar-refractivity contribution in [3.05, 3.63) is 0 Å². The fourth-order valence-electron chi connectivity index (χ4n) is 1.99. The molecule has 19 heavy (non-hydrogen) atoms. The second-order valence-corrected chi connectivity index (χ2v) is 5.84. The molecule has 0 aromatic heterocycles. The third-order valence-electron chi connectivity index (χ3n) is 3.12. The van der Waals surface area contributed by atoms with Crippen molar-refractivity contribution >= 4 is 21.5 Å². The van der Waals surface area contributed by atoms with Crippen molar-refractivity contribution in [2.75, 3.05) is 0 Å². The van der Waals surface area contributed by atoms with Gasteiger partial charge in [0.1, 0.15) is 6.29 Å². The summed E-state index contributed by atoms with van der Waals surface area (Å²) in [6, 6.07) is 0. The summed E-state index contributed by atoms with van der Waals surface area (Å²) in [7, 11) is -4.95. The quantitative estimate of drug-likeness (QED) is 0.305. The van der Waals surface area contributed by atoms with E-state index in [0.717, 1.165) is 25.7 Å². The Morgan fingerprint density at radius 2 is 1.89 bits per heavy atom. The molecule has 0 N–H and O–H groups in total. The molecule has 0 saturated heterocycles. The first-order valence-electron chi connectivity index (χ1n) is 6.30. The molecule has 0 radical (unpaired) electrons. The van der Waals surface area contributed by atoms with Gasteiger partial charge in [0, 0.05) is 12.3 Å². The summed E-state index contributed by atoms with van der Waals surface area (Å²) in [5.74, 6) is -0.799. The van der Waals surface area contributed by atoms with Gasteiger partial charge in [0.25, 0.3) is 0 Å². The van der Waals surface area contributed by atoms with Crippen molar-refractivity contribution < 1.29 is 52.1 Å². The van der Waals surface area contributed by atoms with E-state index in [1.807, 2.05) is 13.8 Å². The number of carbonyl (C=O) groups excluding carboxylic acids is 2. The average molecular weight is 300 g/mol. The van der Waals surface area contributed by atoms with Crippen LogP contribution in [0.25, 0.3) is 0 Å². The van der Waals surface area contributed by atoms with Crippen molar-refractivity contribution in [3.8, 4) is 0 Å². The summed E-state index contributed by atoms with van der Waals surface area (Å²) in [5, 5.41) is -1.34. The minimum absolute atomic E-state index is 0. The molecule has 106 valence electrons. The van der Waals surface area contributed by atoms with E-state index in [9.17, 15) is 22.6 Å². The van der Waals surface area contributed by atoms with Gasteiger partial charge in [0.05, 0.1) is 0 Å². The van der Waals surface area contributed by atoms with Gasteiger partial charge in [-0.25, -0.2) is 8.42 Å². The van der Waals surface area contributed by atoms with Gasteiger partial charge in [-0.05, 0) is 12.3 Å². The predicted octanol–water partition coefficient (Wildman–Crippen LogP) is -1.13. The van der Waals surface area contributed by atoms with Crippen molar-refractivity contribution in [2.24, 2.45) is 11.8 Å². The van der Waals surface area contributed by atoms with Gasteiger partial charge in [0.2, 0.25) is 5.12 Å². The first-order chi connectivity index (χ1) is 8.36. The molecule has 0 aromatic carbocycles. The van der Waals surface area contributed by atoms with Gasteiger partial charge < -0.3 is 9.35 Å². The van der Waals surface area contributed by atoms with E-state index >= 15 is 0 Å². The van der Waals surface area contributed by atoms with Crippen LogP contribution in [0.15, 0.2) is 0 Å². The summed E-state index contributed by atoms with van der Waals surface area (Å²) < 4.78 is 32.1. The predicted molar refractivity (Wildman–Crippen MR) is 66.8 cm³/mol. The monoisotopic (exact) mass is 300 g/mol. The first-order valence-corrected chi connectivity index (χ1v) is 7.70. The maximum absolute atomic E-state index is 11.4. The van der Waals surface area contributed by atoms with Crippen LogP contribution in [-0.2, 0) is 19.7 Å². The molecular formula is C12H21NaO5S. The Labute approximate surface area is 137 Å². The topological polar surface area (TPSA) is 91.3 Å². The van der Waals surface area contributed by atoms with E-state index in [4.69, 9.17) is 0 Å². The molecule has 0 heterocycles. The molecule has 0 aliphatic rings. The maximum atomic E-state index is 11.4. The molecule has 0 fully saturated rings. The van der Waals surface area contributed by atoms with Crippen LogP contribution in [0.1, 0.15) is 52.4 Å². The summed E-state index contributed by atoms with van der Waals surface area (Å²) in [4.78, 5) is 21.9. The van der Waals surface area contributed by atoms with Gasteiger partial charge in [-0.1, -0.05) is 39.5 Å². The molecule has 0 spiro atoms. The zero-order chi connectivity index (χ0) is 14.2. The summed E-state index contributed by atoms with van der Waals surface area (Å²) in [5.41, 5.74) is 0. The molecule has 0 aliphatic carbocycles. The Morgan fingerprint density at radius 1 is 1.32 bits per heavy atom. The molecule has 0 saturated carbocycles. The molecule has 2 unspecified atom stereocenters. The van der Waals surface area contributed by atoms with Crippen LogP contribution in [0.5, 0.6) is 0 Å². The second kappa shape index (κ2) is 11.0. The molecule has 0 aromatic rings. The Kier molecular flexibility index (Phi) is 12.4. The fourth-order valence-corrected chi connectivity index (χ4v) is 2.59. The smallest absolute Gasteiger partial charge is 0.742 e.